The first-order valence-electron chi connectivity index (χ1n) is 7.80. The Morgan fingerprint density at radius 3 is 2.71 bits per heavy atom. The van der Waals surface area contributed by atoms with Gasteiger partial charge in [0.2, 0.25) is 0 Å². The molecule has 1 aromatic heterocycles. The summed E-state index contributed by atoms with van der Waals surface area (Å²) in [6, 6.07) is 0.385. The topological polar surface area (TPSA) is 59.4 Å². The van der Waals surface area contributed by atoms with Crippen LogP contribution in [0.2, 0.25) is 0 Å². The summed E-state index contributed by atoms with van der Waals surface area (Å²) in [5.41, 5.74) is 0.779. The van der Waals surface area contributed by atoms with Gasteiger partial charge in [-0.1, -0.05) is 0 Å². The summed E-state index contributed by atoms with van der Waals surface area (Å²) in [6.07, 6.45) is 8.34. The largest absolute Gasteiger partial charge is 0.381 e. The van der Waals surface area contributed by atoms with Crippen molar-refractivity contribution in [3.05, 3.63) is 12.4 Å². The van der Waals surface area contributed by atoms with Gasteiger partial charge in [-0.15, -0.1) is 0 Å². The molecule has 0 radical (unpaired) electrons. The number of amides is 2. The maximum absolute atomic E-state index is 12.2. The molecule has 1 saturated heterocycles. The molecule has 1 aliphatic heterocycles. The third-order valence-corrected chi connectivity index (χ3v) is 4.64. The first kappa shape index (κ1) is 14.4. The molecule has 21 heavy (non-hydrogen) atoms. The number of hydrogen-bond donors (Lipinski definition) is 1. The minimum Gasteiger partial charge on any atom is -0.381 e. The standard InChI is InChI=1S/C15H24N4O2/c1-11(12-3-4-12)19-10-13(9-16-19)17-15(20)18-7-5-14(21-2)6-8-18/h9-12,14H,3-8H2,1-2H3,(H,17,20). The van der Waals surface area contributed by atoms with Crippen LogP contribution in [-0.2, 0) is 4.74 Å². The van der Waals surface area contributed by atoms with E-state index in [1.807, 2.05) is 15.8 Å². The highest BCUT2D eigenvalue weighted by atomic mass is 16.5. The van der Waals surface area contributed by atoms with Gasteiger partial charge in [0.1, 0.15) is 0 Å². The van der Waals surface area contributed by atoms with Crippen LogP contribution < -0.4 is 5.32 Å². The molecular weight excluding hydrogens is 268 g/mol. The van der Waals surface area contributed by atoms with Crippen molar-refractivity contribution in [1.82, 2.24) is 14.7 Å². The maximum atomic E-state index is 12.2. The smallest absolute Gasteiger partial charge is 0.321 e. The molecule has 1 aliphatic carbocycles. The summed E-state index contributed by atoms with van der Waals surface area (Å²) in [6.45, 7) is 3.68. The lowest BCUT2D eigenvalue weighted by Crippen LogP contribution is -2.42. The third kappa shape index (κ3) is 3.37. The van der Waals surface area contributed by atoms with Crippen molar-refractivity contribution in [3.8, 4) is 0 Å². The van der Waals surface area contributed by atoms with Gasteiger partial charge in [-0.2, -0.15) is 5.10 Å². The second-order valence-electron chi connectivity index (χ2n) is 6.14. The Morgan fingerprint density at radius 1 is 1.38 bits per heavy atom. The lowest BCUT2D eigenvalue weighted by Gasteiger charge is -2.31. The molecule has 1 N–H and O–H groups in total. The van der Waals surface area contributed by atoms with Crippen LogP contribution in [0.5, 0.6) is 0 Å². The van der Waals surface area contributed by atoms with Crippen LogP contribution in [-0.4, -0.2) is 47.0 Å². The van der Waals surface area contributed by atoms with Gasteiger partial charge >= 0.3 is 6.03 Å². The van der Waals surface area contributed by atoms with Crippen LogP contribution >= 0.6 is 0 Å². The number of carbonyl (C=O) groups is 1. The van der Waals surface area contributed by atoms with Crippen LogP contribution in [0, 0.1) is 5.92 Å². The average Bonchev–Trinajstić information content (AvgIpc) is 3.26. The van der Waals surface area contributed by atoms with Gasteiger partial charge in [0, 0.05) is 26.4 Å². The van der Waals surface area contributed by atoms with Crippen molar-refractivity contribution in [2.75, 3.05) is 25.5 Å². The summed E-state index contributed by atoms with van der Waals surface area (Å²) in [5, 5.41) is 7.31. The monoisotopic (exact) mass is 292 g/mol. The Kier molecular flexibility index (Phi) is 4.14. The van der Waals surface area contributed by atoms with Gasteiger partial charge in [-0.25, -0.2) is 4.79 Å². The lowest BCUT2D eigenvalue weighted by molar-refractivity contribution is 0.0521. The summed E-state index contributed by atoms with van der Waals surface area (Å²) >= 11 is 0. The molecule has 0 spiro atoms. The predicted molar refractivity (Wildman–Crippen MR) is 80.3 cm³/mol. The number of anilines is 1. The Balaban J connectivity index is 1.53. The van der Waals surface area contributed by atoms with E-state index in [0.717, 1.165) is 37.5 Å². The van der Waals surface area contributed by atoms with Crippen molar-refractivity contribution < 1.29 is 9.53 Å². The Bertz CT molecular complexity index is 490. The van der Waals surface area contributed by atoms with E-state index >= 15 is 0 Å². The molecule has 2 amide bonds. The van der Waals surface area contributed by atoms with E-state index in [9.17, 15) is 4.79 Å². The minimum absolute atomic E-state index is 0.0387. The molecule has 1 unspecified atom stereocenters. The average molecular weight is 292 g/mol. The number of ether oxygens (including phenoxy) is 1. The Labute approximate surface area is 125 Å². The summed E-state index contributed by atoms with van der Waals surface area (Å²) in [5.74, 6) is 0.751. The van der Waals surface area contributed by atoms with Gasteiger partial charge < -0.3 is 15.0 Å². The fourth-order valence-corrected chi connectivity index (χ4v) is 2.92. The highest BCUT2D eigenvalue weighted by Crippen LogP contribution is 2.39. The predicted octanol–water partition coefficient (Wildman–Crippen LogP) is 2.50. The summed E-state index contributed by atoms with van der Waals surface area (Å²) in [7, 11) is 1.73. The minimum atomic E-state index is -0.0387. The van der Waals surface area contributed by atoms with Crippen molar-refractivity contribution in [1.29, 1.82) is 0 Å². The zero-order valence-electron chi connectivity index (χ0n) is 12.8. The normalized spacial score (nSPS) is 21.3. The number of carbonyl (C=O) groups excluding carboxylic acids is 1. The van der Waals surface area contributed by atoms with Gasteiger partial charge in [0.25, 0.3) is 0 Å². The van der Waals surface area contributed by atoms with E-state index in [-0.39, 0.29) is 12.1 Å². The van der Waals surface area contributed by atoms with Crippen molar-refractivity contribution >= 4 is 11.7 Å². The van der Waals surface area contributed by atoms with Crippen molar-refractivity contribution in [2.45, 2.75) is 44.8 Å². The number of rotatable bonds is 4. The Morgan fingerprint density at radius 2 is 2.10 bits per heavy atom. The van der Waals surface area contributed by atoms with E-state index in [4.69, 9.17) is 4.74 Å². The molecule has 1 atom stereocenters. The van der Waals surface area contributed by atoms with Gasteiger partial charge in [0.15, 0.2) is 0 Å². The molecule has 2 aliphatic rings. The lowest BCUT2D eigenvalue weighted by atomic mass is 10.1. The second-order valence-corrected chi connectivity index (χ2v) is 6.14. The van der Waals surface area contributed by atoms with Crippen molar-refractivity contribution in [2.24, 2.45) is 5.92 Å². The zero-order chi connectivity index (χ0) is 14.8. The molecule has 2 fully saturated rings. The third-order valence-electron chi connectivity index (χ3n) is 4.64. The second kappa shape index (κ2) is 6.05. The molecule has 6 nitrogen and oxygen atoms in total. The zero-order valence-corrected chi connectivity index (χ0v) is 12.8. The maximum Gasteiger partial charge on any atom is 0.321 e. The quantitative estimate of drug-likeness (QED) is 0.927. The van der Waals surface area contributed by atoms with E-state index in [1.54, 1.807) is 13.3 Å². The number of likely N-dealkylation sites (tertiary alicyclic amines) is 1. The molecule has 1 saturated carbocycles. The first-order valence-corrected chi connectivity index (χ1v) is 7.80. The molecule has 0 bridgehead atoms. The number of urea groups is 1. The van der Waals surface area contributed by atoms with Crippen LogP contribution in [0.25, 0.3) is 0 Å². The van der Waals surface area contributed by atoms with Crippen LogP contribution in [0.4, 0.5) is 10.5 Å². The molecule has 116 valence electrons. The number of hydrogen-bond acceptors (Lipinski definition) is 3. The molecule has 3 rings (SSSR count). The number of methoxy groups -OCH3 is 1. The molecule has 1 aromatic rings. The molecule has 0 aromatic carbocycles. The summed E-state index contributed by atoms with van der Waals surface area (Å²) in [4.78, 5) is 14.1. The van der Waals surface area contributed by atoms with Crippen LogP contribution in [0.3, 0.4) is 0 Å². The molecule has 2 heterocycles. The van der Waals surface area contributed by atoms with Gasteiger partial charge in [0.05, 0.1) is 24.0 Å². The van der Waals surface area contributed by atoms with E-state index in [2.05, 4.69) is 17.3 Å². The molecule has 6 heteroatoms. The van der Waals surface area contributed by atoms with E-state index < -0.39 is 0 Å². The van der Waals surface area contributed by atoms with Crippen LogP contribution in [0.1, 0.15) is 38.6 Å². The van der Waals surface area contributed by atoms with E-state index in [0.29, 0.717) is 6.04 Å². The fourth-order valence-electron chi connectivity index (χ4n) is 2.92. The number of nitrogens with one attached hydrogen (secondary N) is 1. The van der Waals surface area contributed by atoms with Gasteiger partial charge in [-0.05, 0) is 38.5 Å². The van der Waals surface area contributed by atoms with Crippen molar-refractivity contribution in [3.63, 3.8) is 0 Å². The number of piperidine rings is 1. The highest BCUT2D eigenvalue weighted by molar-refractivity contribution is 5.89. The SMILES string of the molecule is COC1CCN(C(=O)Nc2cnn(C(C)C3CC3)c2)CC1. The first-order chi connectivity index (χ1) is 10.2. The highest BCUT2D eigenvalue weighted by Gasteiger charge is 2.29. The van der Waals surface area contributed by atoms with E-state index in [1.165, 1.54) is 12.8 Å². The van der Waals surface area contributed by atoms with Crippen LogP contribution in [0.15, 0.2) is 12.4 Å². The number of nitrogens with zero attached hydrogens (tertiary/aromatic N) is 3. The Hall–Kier alpha value is -1.56. The number of aromatic nitrogens is 2. The summed E-state index contributed by atoms with van der Waals surface area (Å²) < 4.78 is 7.29. The molecular formula is C15H24N4O2. The fraction of sp³-hybridized carbons (Fsp3) is 0.733. The van der Waals surface area contributed by atoms with Gasteiger partial charge in [-0.3, -0.25) is 4.68 Å².